The van der Waals surface area contributed by atoms with Crippen molar-refractivity contribution in [2.75, 3.05) is 33.4 Å². The molecule has 0 spiro atoms. The Bertz CT molecular complexity index is 755. The number of aromatic nitrogens is 1. The zero-order valence-electron chi connectivity index (χ0n) is 16.0. The molecular weight excluding hydrogens is 332 g/mol. The third-order valence-corrected chi connectivity index (χ3v) is 5.13. The van der Waals surface area contributed by atoms with Crippen molar-refractivity contribution < 1.29 is 19.0 Å². The molecule has 142 valence electrons. The molecular formula is C20H28N2O4. The van der Waals surface area contributed by atoms with Crippen LogP contribution in [0.2, 0.25) is 0 Å². The molecule has 1 aliphatic rings. The van der Waals surface area contributed by atoms with E-state index in [2.05, 4.69) is 11.8 Å². The average molecular weight is 360 g/mol. The van der Waals surface area contributed by atoms with E-state index in [9.17, 15) is 0 Å². The minimum atomic E-state index is 0.0897. The van der Waals surface area contributed by atoms with Crippen molar-refractivity contribution in [2.24, 2.45) is 0 Å². The maximum absolute atomic E-state index is 9.12. The number of aliphatic hydroxyl groups is 1. The Labute approximate surface area is 154 Å². The predicted molar refractivity (Wildman–Crippen MR) is 99.4 cm³/mol. The van der Waals surface area contributed by atoms with Crippen molar-refractivity contribution in [2.45, 2.75) is 39.8 Å². The van der Waals surface area contributed by atoms with Gasteiger partial charge in [0.1, 0.15) is 11.5 Å². The van der Waals surface area contributed by atoms with Crippen LogP contribution < -0.4 is 4.74 Å². The van der Waals surface area contributed by atoms with Crippen molar-refractivity contribution in [1.82, 2.24) is 9.88 Å². The molecule has 6 heteroatoms. The van der Waals surface area contributed by atoms with E-state index in [-0.39, 0.29) is 12.7 Å². The first-order valence-corrected chi connectivity index (χ1v) is 9.09. The molecule has 2 aromatic rings. The molecule has 1 N–H and O–H groups in total. The monoisotopic (exact) mass is 360 g/mol. The number of hydrogen-bond acceptors (Lipinski definition) is 6. The summed E-state index contributed by atoms with van der Waals surface area (Å²) in [5.41, 5.74) is 4.17. The molecule has 0 saturated carbocycles. The van der Waals surface area contributed by atoms with E-state index in [1.165, 1.54) is 0 Å². The number of methoxy groups -OCH3 is 1. The van der Waals surface area contributed by atoms with Gasteiger partial charge >= 0.3 is 0 Å². The standard InChI is InChI=1S/C20H28N2O4/c1-13-14(2)19(24-4)6-5-17(13)20-21-18(15(3)26-20)12-22-8-10-25-16(11-22)7-9-23/h5-6,16,23H,7-12H2,1-4H3/t16-/m1/s1. The largest absolute Gasteiger partial charge is 0.496 e. The summed E-state index contributed by atoms with van der Waals surface area (Å²) in [6.45, 7) is 9.31. The fourth-order valence-electron chi connectivity index (χ4n) is 3.39. The Hall–Kier alpha value is -1.89. The van der Waals surface area contributed by atoms with Gasteiger partial charge in [-0.2, -0.15) is 0 Å². The molecule has 1 aromatic heterocycles. The second kappa shape index (κ2) is 8.20. The maximum Gasteiger partial charge on any atom is 0.226 e. The summed E-state index contributed by atoms with van der Waals surface area (Å²) in [5, 5.41) is 9.12. The molecule has 26 heavy (non-hydrogen) atoms. The van der Waals surface area contributed by atoms with E-state index in [4.69, 9.17) is 24.0 Å². The average Bonchev–Trinajstić information content (AvgIpc) is 2.98. The zero-order chi connectivity index (χ0) is 18.7. The van der Waals surface area contributed by atoms with Gasteiger partial charge in [-0.05, 0) is 50.5 Å². The maximum atomic E-state index is 9.12. The lowest BCUT2D eigenvalue weighted by molar-refractivity contribution is -0.0411. The number of benzene rings is 1. The second-order valence-electron chi connectivity index (χ2n) is 6.83. The van der Waals surface area contributed by atoms with Crippen LogP contribution in [0.3, 0.4) is 0 Å². The first-order valence-electron chi connectivity index (χ1n) is 9.09. The fourth-order valence-corrected chi connectivity index (χ4v) is 3.39. The highest BCUT2D eigenvalue weighted by Gasteiger charge is 2.23. The van der Waals surface area contributed by atoms with Gasteiger partial charge in [0.25, 0.3) is 0 Å². The second-order valence-corrected chi connectivity index (χ2v) is 6.83. The Morgan fingerprint density at radius 1 is 1.27 bits per heavy atom. The van der Waals surface area contributed by atoms with Gasteiger partial charge in [-0.15, -0.1) is 0 Å². The quantitative estimate of drug-likeness (QED) is 0.854. The minimum absolute atomic E-state index is 0.0897. The molecule has 1 atom stereocenters. The van der Waals surface area contributed by atoms with E-state index >= 15 is 0 Å². The number of nitrogens with zero attached hydrogens (tertiary/aromatic N) is 2. The van der Waals surface area contributed by atoms with E-state index in [1.807, 2.05) is 26.0 Å². The molecule has 0 bridgehead atoms. The lowest BCUT2D eigenvalue weighted by atomic mass is 10.0. The lowest BCUT2D eigenvalue weighted by Gasteiger charge is -2.32. The van der Waals surface area contributed by atoms with Gasteiger partial charge in [0.05, 0.1) is 25.5 Å². The Morgan fingerprint density at radius 3 is 2.81 bits per heavy atom. The molecule has 1 saturated heterocycles. The van der Waals surface area contributed by atoms with Gasteiger partial charge < -0.3 is 19.0 Å². The number of morpholine rings is 1. The SMILES string of the molecule is COc1ccc(-c2nc(CN3CCO[C@H](CCO)C3)c(C)o2)c(C)c1C. The zero-order valence-corrected chi connectivity index (χ0v) is 16.0. The van der Waals surface area contributed by atoms with E-state index < -0.39 is 0 Å². The number of aryl methyl sites for hydroxylation is 1. The Morgan fingerprint density at radius 2 is 2.08 bits per heavy atom. The molecule has 0 amide bonds. The van der Waals surface area contributed by atoms with Crippen LogP contribution in [0.4, 0.5) is 0 Å². The summed E-state index contributed by atoms with van der Waals surface area (Å²) in [5.74, 6) is 2.37. The summed E-state index contributed by atoms with van der Waals surface area (Å²) < 4.78 is 17.0. The van der Waals surface area contributed by atoms with Crippen LogP contribution in [0.25, 0.3) is 11.5 Å². The van der Waals surface area contributed by atoms with E-state index in [0.717, 1.165) is 53.5 Å². The van der Waals surface area contributed by atoms with Crippen LogP contribution in [0.5, 0.6) is 5.75 Å². The van der Waals surface area contributed by atoms with Crippen LogP contribution in [0, 0.1) is 20.8 Å². The van der Waals surface area contributed by atoms with Crippen LogP contribution in [-0.2, 0) is 11.3 Å². The van der Waals surface area contributed by atoms with Crippen LogP contribution >= 0.6 is 0 Å². The highest BCUT2D eigenvalue weighted by molar-refractivity contribution is 5.63. The van der Waals surface area contributed by atoms with Gasteiger partial charge in [0.15, 0.2) is 0 Å². The summed E-state index contributed by atoms with van der Waals surface area (Å²) >= 11 is 0. The normalized spacial score (nSPS) is 18.3. The highest BCUT2D eigenvalue weighted by atomic mass is 16.5. The molecule has 3 rings (SSSR count). The number of aliphatic hydroxyl groups excluding tert-OH is 1. The van der Waals surface area contributed by atoms with Crippen LogP contribution in [0.15, 0.2) is 16.5 Å². The Balaban J connectivity index is 1.78. The van der Waals surface area contributed by atoms with Crippen molar-refractivity contribution in [3.05, 3.63) is 34.7 Å². The first-order chi connectivity index (χ1) is 12.5. The van der Waals surface area contributed by atoms with Gasteiger partial charge in [0.2, 0.25) is 5.89 Å². The number of hydrogen-bond donors (Lipinski definition) is 1. The van der Waals surface area contributed by atoms with Crippen molar-refractivity contribution in [3.8, 4) is 17.2 Å². The molecule has 1 aliphatic heterocycles. The van der Waals surface area contributed by atoms with Crippen molar-refractivity contribution in [3.63, 3.8) is 0 Å². The van der Waals surface area contributed by atoms with Crippen LogP contribution in [0.1, 0.15) is 29.0 Å². The number of oxazole rings is 1. The van der Waals surface area contributed by atoms with E-state index in [0.29, 0.717) is 18.9 Å². The molecule has 1 fully saturated rings. The predicted octanol–water partition coefficient (Wildman–Crippen LogP) is 2.86. The minimum Gasteiger partial charge on any atom is -0.496 e. The highest BCUT2D eigenvalue weighted by Crippen LogP contribution is 2.31. The summed E-state index contributed by atoms with van der Waals surface area (Å²) in [6.07, 6.45) is 0.760. The number of rotatable bonds is 6. The van der Waals surface area contributed by atoms with Gasteiger partial charge in [-0.25, -0.2) is 4.98 Å². The van der Waals surface area contributed by atoms with Crippen molar-refractivity contribution >= 4 is 0 Å². The third-order valence-electron chi connectivity index (χ3n) is 5.13. The molecule has 2 heterocycles. The third kappa shape index (κ3) is 3.92. The Kier molecular flexibility index (Phi) is 5.96. The lowest BCUT2D eigenvalue weighted by Crippen LogP contribution is -2.42. The van der Waals surface area contributed by atoms with Crippen LogP contribution in [-0.4, -0.2) is 54.5 Å². The molecule has 0 unspecified atom stereocenters. The molecule has 0 radical (unpaired) electrons. The molecule has 1 aromatic carbocycles. The smallest absolute Gasteiger partial charge is 0.226 e. The summed E-state index contributed by atoms with van der Waals surface area (Å²) in [7, 11) is 1.68. The van der Waals surface area contributed by atoms with Gasteiger partial charge in [-0.1, -0.05) is 0 Å². The van der Waals surface area contributed by atoms with E-state index in [1.54, 1.807) is 7.11 Å². The fraction of sp³-hybridized carbons (Fsp3) is 0.550. The topological polar surface area (TPSA) is 68.0 Å². The molecule has 0 aliphatic carbocycles. The molecule has 6 nitrogen and oxygen atoms in total. The van der Waals surface area contributed by atoms with Gasteiger partial charge in [0, 0.05) is 31.8 Å². The van der Waals surface area contributed by atoms with Gasteiger partial charge in [-0.3, -0.25) is 4.90 Å². The summed E-state index contributed by atoms with van der Waals surface area (Å²) in [6, 6.07) is 3.96. The number of ether oxygens (including phenoxy) is 2. The van der Waals surface area contributed by atoms with Crippen molar-refractivity contribution in [1.29, 1.82) is 0 Å². The summed E-state index contributed by atoms with van der Waals surface area (Å²) in [4.78, 5) is 7.07. The first kappa shape index (κ1) is 18.9.